The average molecular weight is 455 g/mol. The maximum atomic E-state index is 13.0. The van der Waals surface area contributed by atoms with E-state index < -0.39 is 10.0 Å². The SMILES string of the molecule is CCc1ccc2c(CN3CCN(S(=O)(=O)c4ccc(C(C)=O)cc4)CC3)cc(=O)oc2c1. The van der Waals surface area contributed by atoms with Gasteiger partial charge in [-0.25, -0.2) is 13.2 Å². The summed E-state index contributed by atoms with van der Waals surface area (Å²) in [6, 6.07) is 13.5. The van der Waals surface area contributed by atoms with Crippen LogP contribution in [0.2, 0.25) is 0 Å². The number of sulfonamides is 1. The summed E-state index contributed by atoms with van der Waals surface area (Å²) in [5, 5.41) is 0.905. The highest BCUT2D eigenvalue weighted by Crippen LogP contribution is 2.23. The Bertz CT molecular complexity index is 1300. The normalized spacial score (nSPS) is 15.8. The van der Waals surface area contributed by atoms with E-state index >= 15 is 0 Å². The molecule has 2 heterocycles. The second-order valence-electron chi connectivity index (χ2n) is 8.04. The molecule has 0 N–H and O–H groups in total. The number of carbonyl (C=O) groups is 1. The van der Waals surface area contributed by atoms with E-state index in [2.05, 4.69) is 4.90 Å². The molecule has 2 aromatic carbocycles. The molecular formula is C24H26N2O5S. The van der Waals surface area contributed by atoms with Gasteiger partial charge in [0.2, 0.25) is 10.0 Å². The summed E-state index contributed by atoms with van der Waals surface area (Å²) >= 11 is 0. The van der Waals surface area contributed by atoms with Crippen LogP contribution in [0.15, 0.2) is 62.6 Å². The number of carbonyl (C=O) groups excluding carboxylic acids is 1. The molecule has 1 saturated heterocycles. The maximum Gasteiger partial charge on any atom is 0.336 e. The Kier molecular flexibility index (Phi) is 6.28. The number of fused-ring (bicyclic) bond motifs is 1. The largest absolute Gasteiger partial charge is 0.423 e. The molecule has 1 aliphatic rings. The number of rotatable bonds is 6. The molecule has 3 aromatic rings. The van der Waals surface area contributed by atoms with Gasteiger partial charge in [-0.2, -0.15) is 4.31 Å². The van der Waals surface area contributed by atoms with Gasteiger partial charge in [0.1, 0.15) is 5.58 Å². The van der Waals surface area contributed by atoms with Crippen molar-refractivity contribution in [1.29, 1.82) is 0 Å². The van der Waals surface area contributed by atoms with E-state index in [1.54, 1.807) is 12.1 Å². The molecule has 1 aromatic heterocycles. The van der Waals surface area contributed by atoms with Crippen LogP contribution in [0, 0.1) is 0 Å². The lowest BCUT2D eigenvalue weighted by Crippen LogP contribution is -2.48. The molecule has 168 valence electrons. The smallest absolute Gasteiger partial charge is 0.336 e. The van der Waals surface area contributed by atoms with Gasteiger partial charge < -0.3 is 4.42 Å². The highest BCUT2D eigenvalue weighted by atomic mass is 32.2. The van der Waals surface area contributed by atoms with Crippen LogP contribution in [0.1, 0.15) is 35.3 Å². The highest BCUT2D eigenvalue weighted by Gasteiger charge is 2.28. The molecule has 0 bridgehead atoms. The van der Waals surface area contributed by atoms with Crippen LogP contribution in [0.3, 0.4) is 0 Å². The predicted octanol–water partition coefficient (Wildman–Crippen LogP) is 3.06. The van der Waals surface area contributed by atoms with Crippen molar-refractivity contribution in [3.8, 4) is 0 Å². The van der Waals surface area contributed by atoms with Gasteiger partial charge in [-0.05, 0) is 42.7 Å². The van der Waals surface area contributed by atoms with Crippen LogP contribution in [0.25, 0.3) is 11.0 Å². The van der Waals surface area contributed by atoms with Gasteiger partial charge in [-0.1, -0.05) is 31.2 Å². The summed E-state index contributed by atoms with van der Waals surface area (Å²) in [6.07, 6.45) is 0.859. The van der Waals surface area contributed by atoms with Crippen molar-refractivity contribution in [2.24, 2.45) is 0 Å². The number of hydrogen-bond donors (Lipinski definition) is 0. The molecule has 0 atom stereocenters. The van der Waals surface area contributed by atoms with Crippen molar-refractivity contribution < 1.29 is 17.6 Å². The topological polar surface area (TPSA) is 87.9 Å². The van der Waals surface area contributed by atoms with E-state index in [1.165, 1.54) is 29.4 Å². The van der Waals surface area contributed by atoms with Crippen LogP contribution in [-0.2, 0) is 23.0 Å². The molecule has 0 spiro atoms. The molecule has 1 aliphatic heterocycles. The summed E-state index contributed by atoms with van der Waals surface area (Å²) in [4.78, 5) is 25.8. The molecule has 7 nitrogen and oxygen atoms in total. The highest BCUT2D eigenvalue weighted by molar-refractivity contribution is 7.89. The summed E-state index contributed by atoms with van der Waals surface area (Å²) in [5.41, 5.74) is 2.68. The van der Waals surface area contributed by atoms with Crippen molar-refractivity contribution >= 4 is 26.8 Å². The first-order chi connectivity index (χ1) is 15.3. The van der Waals surface area contributed by atoms with Crippen LogP contribution in [0.5, 0.6) is 0 Å². The molecule has 1 fully saturated rings. The fourth-order valence-corrected chi connectivity index (χ4v) is 5.43. The molecule has 0 unspecified atom stereocenters. The predicted molar refractivity (Wildman–Crippen MR) is 122 cm³/mol. The summed E-state index contributed by atoms with van der Waals surface area (Å²) in [7, 11) is -3.62. The van der Waals surface area contributed by atoms with Crippen molar-refractivity contribution in [1.82, 2.24) is 9.21 Å². The third kappa shape index (κ3) is 4.53. The fraction of sp³-hybridized carbons (Fsp3) is 0.333. The molecule has 0 amide bonds. The number of nitrogens with zero attached hydrogens (tertiary/aromatic N) is 2. The number of aryl methyl sites for hydroxylation is 1. The third-order valence-electron chi connectivity index (χ3n) is 5.93. The average Bonchev–Trinajstić information content (AvgIpc) is 2.79. The van der Waals surface area contributed by atoms with E-state index in [-0.39, 0.29) is 16.3 Å². The number of hydrogen-bond acceptors (Lipinski definition) is 6. The minimum atomic E-state index is -3.62. The Balaban J connectivity index is 1.47. The molecule has 8 heteroatoms. The molecule has 32 heavy (non-hydrogen) atoms. The molecular weight excluding hydrogens is 428 g/mol. The van der Waals surface area contributed by atoms with E-state index in [0.29, 0.717) is 43.9 Å². The van der Waals surface area contributed by atoms with Gasteiger partial charge in [0, 0.05) is 49.7 Å². The van der Waals surface area contributed by atoms with Gasteiger partial charge >= 0.3 is 5.63 Å². The second-order valence-corrected chi connectivity index (χ2v) is 9.97. The fourth-order valence-electron chi connectivity index (χ4n) is 4.00. The lowest BCUT2D eigenvalue weighted by molar-refractivity contribution is 0.101. The zero-order valence-electron chi connectivity index (χ0n) is 18.2. The second kappa shape index (κ2) is 8.97. The first-order valence-corrected chi connectivity index (χ1v) is 12.1. The van der Waals surface area contributed by atoms with Crippen molar-refractivity contribution in [3.63, 3.8) is 0 Å². The number of Topliss-reactive ketones (excluding diaryl/α,β-unsaturated/α-hetero) is 1. The Hall–Kier alpha value is -2.81. The van der Waals surface area contributed by atoms with Crippen LogP contribution in [0.4, 0.5) is 0 Å². The van der Waals surface area contributed by atoms with Crippen LogP contribution >= 0.6 is 0 Å². The van der Waals surface area contributed by atoms with Crippen molar-refractivity contribution in [2.45, 2.75) is 31.7 Å². The monoisotopic (exact) mass is 454 g/mol. The lowest BCUT2D eigenvalue weighted by atomic mass is 10.1. The van der Waals surface area contributed by atoms with E-state index in [0.717, 1.165) is 22.9 Å². The quantitative estimate of drug-likeness (QED) is 0.420. The summed E-state index contributed by atoms with van der Waals surface area (Å²) in [5.74, 6) is -0.101. The zero-order chi connectivity index (χ0) is 22.9. The molecule has 0 radical (unpaired) electrons. The van der Waals surface area contributed by atoms with Crippen LogP contribution < -0.4 is 5.63 Å². The zero-order valence-corrected chi connectivity index (χ0v) is 19.0. The van der Waals surface area contributed by atoms with Crippen molar-refractivity contribution in [2.75, 3.05) is 26.2 Å². The van der Waals surface area contributed by atoms with Gasteiger partial charge in [-0.15, -0.1) is 0 Å². The van der Waals surface area contributed by atoms with Gasteiger partial charge in [-0.3, -0.25) is 9.69 Å². The Labute approximate surface area is 187 Å². The van der Waals surface area contributed by atoms with Crippen LogP contribution in [-0.4, -0.2) is 49.6 Å². The van der Waals surface area contributed by atoms with E-state index in [9.17, 15) is 18.0 Å². The van der Waals surface area contributed by atoms with Gasteiger partial charge in [0.25, 0.3) is 0 Å². The standard InChI is InChI=1S/C24H26N2O5S/c1-3-18-4-9-22-20(15-24(28)31-23(22)14-18)16-25-10-12-26(13-11-25)32(29,30)21-7-5-19(6-8-21)17(2)27/h4-9,14-15H,3,10-13,16H2,1-2H3. The van der Waals surface area contributed by atoms with E-state index in [4.69, 9.17) is 4.42 Å². The van der Waals surface area contributed by atoms with Crippen molar-refractivity contribution in [3.05, 3.63) is 75.6 Å². The van der Waals surface area contributed by atoms with E-state index in [1.807, 2.05) is 25.1 Å². The maximum absolute atomic E-state index is 13.0. The van der Waals surface area contributed by atoms with Gasteiger partial charge in [0.15, 0.2) is 5.78 Å². The Morgan fingerprint density at radius 1 is 1.00 bits per heavy atom. The minimum Gasteiger partial charge on any atom is -0.423 e. The summed E-state index contributed by atoms with van der Waals surface area (Å²) in [6.45, 7) is 5.87. The minimum absolute atomic E-state index is 0.101. The number of ketones is 1. The lowest BCUT2D eigenvalue weighted by Gasteiger charge is -2.34. The first kappa shape index (κ1) is 22.4. The molecule has 0 aliphatic carbocycles. The number of benzene rings is 2. The molecule has 0 saturated carbocycles. The summed E-state index contributed by atoms with van der Waals surface area (Å²) < 4.78 is 32.8. The molecule has 4 rings (SSSR count). The van der Waals surface area contributed by atoms with Gasteiger partial charge in [0.05, 0.1) is 4.90 Å². The number of piperazine rings is 1. The first-order valence-electron chi connectivity index (χ1n) is 10.7. The Morgan fingerprint density at radius 3 is 2.31 bits per heavy atom. The Morgan fingerprint density at radius 2 is 1.69 bits per heavy atom. The third-order valence-corrected chi connectivity index (χ3v) is 7.84.